The Morgan fingerprint density at radius 2 is 1.35 bits per heavy atom. The summed E-state index contributed by atoms with van der Waals surface area (Å²) < 4.78 is 10.2. The first kappa shape index (κ1) is 13.8. The Morgan fingerprint density at radius 3 is 1.71 bits per heavy atom. The van der Waals surface area contributed by atoms with Gasteiger partial charge in [-0.15, -0.1) is 23.2 Å². The number of ether oxygens (including phenoxy) is 2. The average molecular weight is 283 g/mol. The highest BCUT2D eigenvalue weighted by Gasteiger charge is 2.23. The molecule has 0 aromatic rings. The van der Waals surface area contributed by atoms with E-state index in [1.807, 2.05) is 0 Å². The molecule has 4 atom stereocenters. The molecule has 17 heavy (non-hydrogen) atoms. The average Bonchev–Trinajstić information content (AvgIpc) is 3.12. The van der Waals surface area contributed by atoms with Gasteiger partial charge >= 0.3 is 0 Å². The van der Waals surface area contributed by atoms with Crippen molar-refractivity contribution < 1.29 is 9.47 Å². The van der Waals surface area contributed by atoms with Gasteiger partial charge in [-0.05, 0) is 25.9 Å². The second-order valence-corrected chi connectivity index (χ2v) is 5.62. The number of halogens is 2. The van der Waals surface area contributed by atoms with E-state index in [1.165, 1.54) is 0 Å². The Hall–Kier alpha value is 0.420. The monoisotopic (exact) mass is 282 g/mol. The Labute approximate surface area is 112 Å². The van der Waals surface area contributed by atoms with Crippen molar-refractivity contribution in [1.29, 1.82) is 0 Å². The normalized spacial score (nSPS) is 30.0. The molecule has 2 N–H and O–H groups in total. The molecule has 4 nitrogen and oxygen atoms in total. The van der Waals surface area contributed by atoms with Gasteiger partial charge in [-0.25, -0.2) is 0 Å². The lowest BCUT2D eigenvalue weighted by Gasteiger charge is -2.16. The molecule has 2 saturated heterocycles. The second kappa shape index (κ2) is 7.12. The van der Waals surface area contributed by atoms with Gasteiger partial charge in [-0.3, -0.25) is 0 Å². The molecule has 2 fully saturated rings. The molecule has 6 heteroatoms. The van der Waals surface area contributed by atoms with Gasteiger partial charge in [0.25, 0.3) is 0 Å². The molecule has 0 aromatic heterocycles. The van der Waals surface area contributed by atoms with E-state index in [9.17, 15) is 0 Å². The first-order chi connectivity index (χ1) is 8.24. The van der Waals surface area contributed by atoms with E-state index in [0.29, 0.717) is 18.6 Å². The molecule has 0 aromatic carbocycles. The minimum absolute atomic E-state index is 0.0825. The molecule has 2 heterocycles. The number of hydrogen-bond donors (Lipinski definition) is 2. The van der Waals surface area contributed by atoms with Crippen LogP contribution in [0.3, 0.4) is 0 Å². The predicted octanol–water partition coefficient (Wildman–Crippen LogP) is 1.26. The van der Waals surface area contributed by atoms with E-state index in [0.717, 1.165) is 39.1 Å². The van der Waals surface area contributed by atoms with Gasteiger partial charge in [-0.2, -0.15) is 0 Å². The largest absolute Gasteiger partial charge is 0.373 e. The fraction of sp³-hybridized carbons (Fsp3) is 1.00. The Morgan fingerprint density at radius 1 is 0.941 bits per heavy atom. The molecule has 0 spiro atoms. The number of hydrogen-bond acceptors (Lipinski definition) is 4. The lowest BCUT2D eigenvalue weighted by Crippen LogP contribution is -2.34. The summed E-state index contributed by atoms with van der Waals surface area (Å²) in [6.07, 6.45) is 3.68. The summed E-state index contributed by atoms with van der Waals surface area (Å²) in [5.74, 6) is 0. The molecule has 0 aliphatic carbocycles. The Bertz CT molecular complexity index is 204. The molecule has 2 aliphatic rings. The van der Waals surface area contributed by atoms with Gasteiger partial charge in [0.15, 0.2) is 0 Å². The summed E-state index contributed by atoms with van der Waals surface area (Å²) in [6, 6.07) is 0. The third kappa shape index (κ3) is 6.79. The summed E-state index contributed by atoms with van der Waals surface area (Å²) in [6.45, 7) is 3.58. The minimum atomic E-state index is -0.0825. The number of rotatable bonds is 10. The van der Waals surface area contributed by atoms with E-state index in [2.05, 4.69) is 10.6 Å². The molecular formula is C11H20Cl2N2O2. The van der Waals surface area contributed by atoms with E-state index in [1.54, 1.807) is 0 Å². The lowest BCUT2D eigenvalue weighted by molar-refractivity contribution is 0.384. The summed E-state index contributed by atoms with van der Waals surface area (Å²) in [4.78, 5) is 0. The van der Waals surface area contributed by atoms with Crippen LogP contribution in [0, 0.1) is 0 Å². The summed E-state index contributed by atoms with van der Waals surface area (Å²) in [7, 11) is 0. The second-order valence-electron chi connectivity index (χ2n) is 4.57. The highest BCUT2D eigenvalue weighted by Crippen LogP contribution is 2.14. The van der Waals surface area contributed by atoms with E-state index in [-0.39, 0.29) is 11.0 Å². The van der Waals surface area contributed by atoms with Crippen molar-refractivity contribution in [2.45, 2.75) is 42.5 Å². The van der Waals surface area contributed by atoms with Crippen molar-refractivity contribution in [2.24, 2.45) is 0 Å². The SMILES string of the molecule is ClC(CC(Cl)NCCC1CO1)NCCC1CO1. The van der Waals surface area contributed by atoms with E-state index in [4.69, 9.17) is 32.7 Å². The van der Waals surface area contributed by atoms with Gasteiger partial charge < -0.3 is 20.1 Å². The highest BCUT2D eigenvalue weighted by molar-refractivity contribution is 6.23. The highest BCUT2D eigenvalue weighted by atomic mass is 35.5. The molecule has 2 rings (SSSR count). The quantitative estimate of drug-likeness (QED) is 0.360. The van der Waals surface area contributed by atoms with Crippen molar-refractivity contribution in [3.63, 3.8) is 0 Å². The van der Waals surface area contributed by atoms with Crippen LogP contribution < -0.4 is 10.6 Å². The van der Waals surface area contributed by atoms with Crippen molar-refractivity contribution >= 4 is 23.2 Å². The van der Waals surface area contributed by atoms with Crippen LogP contribution in [0.2, 0.25) is 0 Å². The molecular weight excluding hydrogens is 263 g/mol. The van der Waals surface area contributed by atoms with Crippen LogP contribution in [0.15, 0.2) is 0 Å². The summed E-state index contributed by atoms with van der Waals surface area (Å²) in [5.41, 5.74) is -0.165. The molecule has 0 amide bonds. The lowest BCUT2D eigenvalue weighted by atomic mass is 10.3. The fourth-order valence-electron chi connectivity index (χ4n) is 1.62. The zero-order valence-corrected chi connectivity index (χ0v) is 11.3. The van der Waals surface area contributed by atoms with Crippen molar-refractivity contribution in [1.82, 2.24) is 10.6 Å². The Balaban J connectivity index is 1.42. The van der Waals surface area contributed by atoms with Crippen molar-refractivity contribution in [3.05, 3.63) is 0 Å². The van der Waals surface area contributed by atoms with Gasteiger partial charge in [0.1, 0.15) is 0 Å². The van der Waals surface area contributed by atoms with E-state index < -0.39 is 0 Å². The fourth-order valence-corrected chi connectivity index (χ4v) is 2.29. The smallest absolute Gasteiger partial charge is 0.0852 e. The maximum Gasteiger partial charge on any atom is 0.0852 e. The van der Waals surface area contributed by atoms with Crippen LogP contribution in [0.25, 0.3) is 0 Å². The third-order valence-corrected chi connectivity index (χ3v) is 3.55. The van der Waals surface area contributed by atoms with Crippen molar-refractivity contribution in [2.75, 3.05) is 26.3 Å². The van der Waals surface area contributed by atoms with Gasteiger partial charge in [0, 0.05) is 6.42 Å². The third-order valence-electron chi connectivity index (χ3n) is 2.88. The predicted molar refractivity (Wildman–Crippen MR) is 68.6 cm³/mol. The maximum absolute atomic E-state index is 6.13. The number of nitrogens with one attached hydrogen (secondary N) is 2. The molecule has 2 aliphatic heterocycles. The number of epoxide rings is 2. The topological polar surface area (TPSA) is 49.1 Å². The van der Waals surface area contributed by atoms with Gasteiger partial charge in [-0.1, -0.05) is 0 Å². The molecule has 0 radical (unpaired) electrons. The van der Waals surface area contributed by atoms with Crippen LogP contribution in [0.1, 0.15) is 19.3 Å². The zero-order chi connectivity index (χ0) is 12.1. The molecule has 0 saturated carbocycles. The first-order valence-electron chi connectivity index (χ1n) is 6.22. The van der Waals surface area contributed by atoms with Crippen LogP contribution in [0.5, 0.6) is 0 Å². The van der Waals surface area contributed by atoms with Gasteiger partial charge in [0.2, 0.25) is 0 Å². The minimum Gasteiger partial charge on any atom is -0.373 e. The van der Waals surface area contributed by atoms with Crippen LogP contribution >= 0.6 is 23.2 Å². The Kier molecular flexibility index (Phi) is 5.80. The van der Waals surface area contributed by atoms with E-state index >= 15 is 0 Å². The molecule has 0 bridgehead atoms. The summed E-state index contributed by atoms with van der Waals surface area (Å²) >= 11 is 12.3. The zero-order valence-electron chi connectivity index (χ0n) is 9.83. The first-order valence-corrected chi connectivity index (χ1v) is 7.09. The number of alkyl halides is 2. The summed E-state index contributed by atoms with van der Waals surface area (Å²) in [5, 5.41) is 6.47. The van der Waals surface area contributed by atoms with Gasteiger partial charge in [0.05, 0.1) is 36.4 Å². The van der Waals surface area contributed by atoms with Crippen LogP contribution in [-0.2, 0) is 9.47 Å². The molecule has 4 unspecified atom stereocenters. The maximum atomic E-state index is 6.13. The van der Waals surface area contributed by atoms with Crippen molar-refractivity contribution in [3.8, 4) is 0 Å². The molecule has 100 valence electrons. The van der Waals surface area contributed by atoms with Crippen LogP contribution in [-0.4, -0.2) is 49.5 Å². The standard InChI is InChI=1S/C11H20Cl2N2O2/c12-10(14-3-1-8-6-16-8)5-11(13)15-4-2-9-7-17-9/h8-11,14-15H,1-7H2. The van der Waals surface area contributed by atoms with Crippen LogP contribution in [0.4, 0.5) is 0 Å².